The largest absolute Gasteiger partial charge is 0.756 e. The topological polar surface area (TPSA) is 94.1 Å². The van der Waals surface area contributed by atoms with E-state index in [2.05, 4.69) is 98.9 Å². The third-order valence-electron chi connectivity index (χ3n) is 9.93. The van der Waals surface area contributed by atoms with Gasteiger partial charge in [0.15, 0.2) is 0 Å². The smallest absolute Gasteiger partial charge is 0.306 e. The number of rotatable bonds is 44. The van der Waals surface area contributed by atoms with Gasteiger partial charge in [-0.3, -0.25) is 9.36 Å². The molecule has 2 unspecified atom stereocenters. The van der Waals surface area contributed by atoms with Gasteiger partial charge in [-0.2, -0.15) is 0 Å². The van der Waals surface area contributed by atoms with Gasteiger partial charge in [0.05, 0.1) is 34.4 Å². The van der Waals surface area contributed by atoms with E-state index in [1.54, 1.807) is 0 Å². The predicted molar refractivity (Wildman–Crippen MR) is 258 cm³/mol. The monoisotopic (exact) mass is 874 g/mol. The highest BCUT2D eigenvalue weighted by atomic mass is 31.2. The molecule has 0 aliphatic heterocycles. The molecule has 0 aromatic carbocycles. The van der Waals surface area contributed by atoms with Crippen molar-refractivity contribution in [3.8, 4) is 0 Å². The molecule has 2 atom stereocenters. The van der Waals surface area contributed by atoms with Crippen LogP contribution >= 0.6 is 7.82 Å². The third kappa shape index (κ3) is 48.6. The zero-order valence-electron chi connectivity index (χ0n) is 39.8. The minimum absolute atomic E-state index is 0.0163. The minimum Gasteiger partial charge on any atom is -0.756 e. The van der Waals surface area contributed by atoms with Crippen LogP contribution in [0.25, 0.3) is 0 Å². The van der Waals surface area contributed by atoms with E-state index >= 15 is 0 Å². The first kappa shape index (κ1) is 58.7. The lowest BCUT2D eigenvalue weighted by Crippen LogP contribution is -2.37. The maximum Gasteiger partial charge on any atom is 0.306 e. The second-order valence-electron chi connectivity index (χ2n) is 17.1. The molecular weight excluding hydrogens is 782 g/mol. The maximum absolute atomic E-state index is 12.7. The Hall–Kier alpha value is -2.32. The van der Waals surface area contributed by atoms with Crippen LogP contribution < -0.4 is 4.89 Å². The standard InChI is InChI=1S/C52H92NO7P/c1-6-8-10-12-14-16-18-20-22-24-26-28-30-32-34-36-38-40-42-44-47-57-49-51(50-59-61(55,56)58-48-46-53(3,4)5)60-52(54)45-43-41-39-37-35-33-31-29-27-25-23-21-19-17-15-13-11-9-7-2/h8,10,14-17,20-23,26-29,51H,6-7,9,11-13,18-19,24-25,30-50H2,1-5H3/b10-8-,16-14-,17-15-,22-20-,23-21-,28-26-,29-27-. The van der Waals surface area contributed by atoms with Gasteiger partial charge in [0, 0.05) is 13.0 Å². The summed E-state index contributed by atoms with van der Waals surface area (Å²) in [6, 6.07) is 0. The van der Waals surface area contributed by atoms with Crippen LogP contribution in [0.2, 0.25) is 0 Å². The summed E-state index contributed by atoms with van der Waals surface area (Å²) in [5.41, 5.74) is 0. The van der Waals surface area contributed by atoms with E-state index in [4.69, 9.17) is 18.5 Å². The van der Waals surface area contributed by atoms with E-state index in [1.807, 2.05) is 21.1 Å². The molecule has 0 aromatic rings. The summed E-state index contributed by atoms with van der Waals surface area (Å²) in [5, 5.41) is 0. The summed E-state index contributed by atoms with van der Waals surface area (Å²) in [7, 11) is 1.33. The average Bonchev–Trinajstić information content (AvgIpc) is 3.22. The number of quaternary nitrogens is 1. The lowest BCUT2D eigenvalue weighted by Gasteiger charge is -2.28. The highest BCUT2D eigenvalue weighted by Crippen LogP contribution is 2.38. The van der Waals surface area contributed by atoms with Crippen molar-refractivity contribution in [2.75, 3.05) is 54.1 Å². The lowest BCUT2D eigenvalue weighted by atomic mass is 10.1. The van der Waals surface area contributed by atoms with Gasteiger partial charge in [-0.05, 0) is 89.9 Å². The van der Waals surface area contributed by atoms with Crippen molar-refractivity contribution in [2.45, 2.75) is 187 Å². The zero-order valence-corrected chi connectivity index (χ0v) is 40.7. The van der Waals surface area contributed by atoms with Gasteiger partial charge in [0.1, 0.15) is 19.3 Å². The SMILES string of the molecule is CC/C=C\C/C=C\C/C=C\C/C=C\CCCCCCCCCOCC(COP(=O)([O-])OCC[N+](C)(C)C)OC(=O)CCCCCCCC/C=C\C/C=C\C/C=C\CCCCC. The fourth-order valence-electron chi connectivity index (χ4n) is 6.19. The molecule has 0 spiro atoms. The molecular formula is C52H92NO7P. The highest BCUT2D eigenvalue weighted by molar-refractivity contribution is 7.45. The first-order valence-corrected chi connectivity index (χ1v) is 25.8. The van der Waals surface area contributed by atoms with E-state index in [1.165, 1.54) is 64.2 Å². The van der Waals surface area contributed by atoms with Gasteiger partial charge in [-0.1, -0.05) is 170 Å². The van der Waals surface area contributed by atoms with Crippen LogP contribution in [0.4, 0.5) is 0 Å². The number of nitrogens with zero attached hydrogens (tertiary/aromatic N) is 1. The van der Waals surface area contributed by atoms with Gasteiger partial charge in [0.25, 0.3) is 7.82 Å². The second kappa shape index (κ2) is 44.3. The van der Waals surface area contributed by atoms with Crippen molar-refractivity contribution in [1.29, 1.82) is 0 Å². The van der Waals surface area contributed by atoms with Crippen LogP contribution in [0.15, 0.2) is 85.1 Å². The fraction of sp³-hybridized carbons (Fsp3) is 0.712. The molecule has 9 heteroatoms. The van der Waals surface area contributed by atoms with Crippen LogP contribution in [0.1, 0.15) is 181 Å². The molecule has 0 rings (SSSR count). The minimum atomic E-state index is -4.54. The first-order chi connectivity index (χ1) is 29.6. The van der Waals surface area contributed by atoms with E-state index in [9.17, 15) is 14.3 Å². The molecule has 0 saturated heterocycles. The number of phosphoric acid groups is 1. The second-order valence-corrected chi connectivity index (χ2v) is 18.5. The van der Waals surface area contributed by atoms with Crippen LogP contribution in [-0.4, -0.2) is 70.7 Å². The maximum atomic E-state index is 12.7. The Labute approximate surface area is 375 Å². The number of hydrogen-bond donors (Lipinski definition) is 0. The van der Waals surface area contributed by atoms with Gasteiger partial charge in [0.2, 0.25) is 0 Å². The number of likely N-dealkylation sites (N-methyl/N-ethyl adjacent to an activating group) is 1. The summed E-state index contributed by atoms with van der Waals surface area (Å²) >= 11 is 0. The van der Waals surface area contributed by atoms with Crippen molar-refractivity contribution in [1.82, 2.24) is 0 Å². The Morgan fingerprint density at radius 2 is 0.951 bits per heavy atom. The number of ether oxygens (including phenoxy) is 2. The number of allylic oxidation sites excluding steroid dienone is 14. The fourth-order valence-corrected chi connectivity index (χ4v) is 6.92. The van der Waals surface area contributed by atoms with Crippen molar-refractivity contribution in [3.05, 3.63) is 85.1 Å². The Balaban J connectivity index is 4.25. The van der Waals surface area contributed by atoms with E-state index in [0.29, 0.717) is 24.1 Å². The lowest BCUT2D eigenvalue weighted by molar-refractivity contribution is -0.870. The first-order valence-electron chi connectivity index (χ1n) is 24.3. The molecule has 0 amide bonds. The molecule has 0 N–H and O–H groups in total. The molecule has 61 heavy (non-hydrogen) atoms. The third-order valence-corrected chi connectivity index (χ3v) is 10.9. The van der Waals surface area contributed by atoms with Crippen LogP contribution in [0.5, 0.6) is 0 Å². The predicted octanol–water partition coefficient (Wildman–Crippen LogP) is 14.2. The van der Waals surface area contributed by atoms with Gasteiger partial charge < -0.3 is 27.9 Å². The number of hydrogen-bond acceptors (Lipinski definition) is 7. The molecule has 0 aliphatic carbocycles. The van der Waals surface area contributed by atoms with Crippen LogP contribution in [0, 0.1) is 0 Å². The Kier molecular flexibility index (Phi) is 42.6. The van der Waals surface area contributed by atoms with Crippen molar-refractivity contribution in [2.24, 2.45) is 0 Å². The van der Waals surface area contributed by atoms with Crippen LogP contribution in [-0.2, 0) is 27.9 Å². The Bertz CT molecular complexity index is 1250. The van der Waals surface area contributed by atoms with E-state index in [0.717, 1.165) is 96.3 Å². The zero-order chi connectivity index (χ0) is 44.8. The molecule has 0 bridgehead atoms. The van der Waals surface area contributed by atoms with Gasteiger partial charge in [-0.25, -0.2) is 0 Å². The highest BCUT2D eigenvalue weighted by Gasteiger charge is 2.20. The van der Waals surface area contributed by atoms with E-state index in [-0.39, 0.29) is 25.8 Å². The summed E-state index contributed by atoms with van der Waals surface area (Å²) in [6.07, 6.45) is 58.8. The molecule has 352 valence electrons. The number of carbonyl (C=O) groups is 1. The van der Waals surface area contributed by atoms with Gasteiger partial charge >= 0.3 is 5.97 Å². The molecule has 0 aliphatic rings. The Morgan fingerprint density at radius 1 is 0.525 bits per heavy atom. The number of carbonyl (C=O) groups excluding carboxylic acids is 1. The Morgan fingerprint density at radius 3 is 1.43 bits per heavy atom. The molecule has 0 aromatic heterocycles. The summed E-state index contributed by atoms with van der Waals surface area (Å²) in [6.45, 7) is 5.21. The van der Waals surface area contributed by atoms with Gasteiger partial charge in [-0.15, -0.1) is 0 Å². The summed E-state index contributed by atoms with van der Waals surface area (Å²) in [4.78, 5) is 25.1. The normalized spacial score (nSPS) is 14.4. The number of unbranched alkanes of at least 4 members (excludes halogenated alkanes) is 16. The molecule has 0 fully saturated rings. The van der Waals surface area contributed by atoms with Crippen molar-refractivity contribution >= 4 is 13.8 Å². The summed E-state index contributed by atoms with van der Waals surface area (Å²) < 4.78 is 34.7. The van der Waals surface area contributed by atoms with Crippen LogP contribution in [0.3, 0.4) is 0 Å². The summed E-state index contributed by atoms with van der Waals surface area (Å²) in [5.74, 6) is -0.354. The molecule has 0 heterocycles. The molecule has 0 radical (unpaired) electrons. The number of phosphoric ester groups is 1. The van der Waals surface area contributed by atoms with Crippen molar-refractivity contribution < 1.29 is 37.3 Å². The molecule has 0 saturated carbocycles. The average molecular weight is 874 g/mol. The van der Waals surface area contributed by atoms with E-state index < -0.39 is 13.9 Å². The number of esters is 1. The molecule has 8 nitrogen and oxygen atoms in total. The quantitative estimate of drug-likeness (QED) is 0.0198. The van der Waals surface area contributed by atoms with Crippen molar-refractivity contribution in [3.63, 3.8) is 0 Å².